The van der Waals surface area contributed by atoms with Crippen molar-refractivity contribution in [3.8, 4) is 11.8 Å². The molecule has 0 spiro atoms. The summed E-state index contributed by atoms with van der Waals surface area (Å²) in [5.41, 5.74) is 10.9. The Morgan fingerprint density at radius 2 is 2.25 bits per heavy atom. The van der Waals surface area contributed by atoms with E-state index in [2.05, 4.69) is 22.1 Å². The largest absolute Gasteiger partial charge is 0.396 e. The van der Waals surface area contributed by atoms with Gasteiger partial charge >= 0.3 is 5.69 Å². The molecular weight excluding hydrogens is 414 g/mol. The Balaban J connectivity index is 1.93. The van der Waals surface area contributed by atoms with Crippen molar-refractivity contribution < 1.29 is 19.4 Å². The molecule has 0 radical (unpaired) electrons. The Bertz CT molecular complexity index is 889. The zero-order valence-electron chi connectivity index (χ0n) is 19.1. The van der Waals surface area contributed by atoms with E-state index >= 15 is 0 Å². The van der Waals surface area contributed by atoms with Crippen molar-refractivity contribution in [2.24, 2.45) is 11.7 Å². The third-order valence-corrected chi connectivity index (χ3v) is 5.32. The lowest BCUT2D eigenvalue weighted by molar-refractivity contribution is -0.128. The molecule has 1 aromatic rings. The molecule has 6 N–H and O–H groups in total. The molecule has 1 saturated heterocycles. The number of nitrogens with one attached hydrogen (secondary N) is 1. The molecule has 178 valence electrons. The van der Waals surface area contributed by atoms with Crippen LogP contribution >= 0.6 is 0 Å². The van der Waals surface area contributed by atoms with Crippen molar-refractivity contribution in [2.45, 2.75) is 64.4 Å². The lowest BCUT2D eigenvalue weighted by Crippen LogP contribution is -2.36. The maximum atomic E-state index is 12.3. The number of ether oxygens (including phenoxy) is 2. The summed E-state index contributed by atoms with van der Waals surface area (Å²) in [6.07, 6.45) is 3.60. The van der Waals surface area contributed by atoms with Gasteiger partial charge in [-0.3, -0.25) is 9.36 Å². The minimum atomic E-state index is -0.512. The molecule has 1 aliphatic heterocycles. The molecule has 3 unspecified atom stereocenters. The predicted octanol–water partition coefficient (Wildman–Crippen LogP) is 0.133. The highest BCUT2D eigenvalue weighted by Gasteiger charge is 2.27. The topological polar surface area (TPSA) is 155 Å². The maximum Gasteiger partial charge on any atom is 0.351 e. The van der Waals surface area contributed by atoms with Gasteiger partial charge in [-0.05, 0) is 46.1 Å². The Labute approximate surface area is 188 Å². The van der Waals surface area contributed by atoms with Gasteiger partial charge in [0.15, 0.2) is 0 Å². The average molecular weight is 450 g/mol. The van der Waals surface area contributed by atoms with Crippen LogP contribution in [0.5, 0.6) is 0 Å². The molecule has 1 aromatic heterocycles. The van der Waals surface area contributed by atoms with Crippen molar-refractivity contribution in [1.29, 1.82) is 0 Å². The lowest BCUT2D eigenvalue weighted by Gasteiger charge is -2.26. The van der Waals surface area contributed by atoms with Crippen LogP contribution in [0, 0.1) is 17.8 Å². The van der Waals surface area contributed by atoms with Crippen molar-refractivity contribution in [1.82, 2.24) is 14.9 Å². The Morgan fingerprint density at radius 3 is 2.94 bits per heavy atom. The number of rotatable bonds is 10. The second kappa shape index (κ2) is 12.0. The fourth-order valence-corrected chi connectivity index (χ4v) is 3.32. The first-order valence-corrected chi connectivity index (χ1v) is 10.9. The zero-order chi connectivity index (χ0) is 23.7. The quantitative estimate of drug-likeness (QED) is 0.368. The fraction of sp³-hybridized carbons (Fsp3) is 0.682. The first kappa shape index (κ1) is 25.8. The third kappa shape index (κ3) is 7.60. The summed E-state index contributed by atoms with van der Waals surface area (Å²) in [6.45, 7) is 6.62. The van der Waals surface area contributed by atoms with Gasteiger partial charge in [0.25, 0.3) is 0 Å². The van der Waals surface area contributed by atoms with Crippen LogP contribution in [-0.4, -0.2) is 58.6 Å². The summed E-state index contributed by atoms with van der Waals surface area (Å²) in [5, 5.41) is 11.8. The second-order valence-corrected chi connectivity index (χ2v) is 8.56. The number of nitrogens with zero attached hydrogens (tertiary/aromatic N) is 2. The summed E-state index contributed by atoms with van der Waals surface area (Å²) in [7, 11) is 0. The number of aliphatic hydroxyl groups excluding tert-OH is 1. The van der Waals surface area contributed by atoms with E-state index < -0.39 is 11.9 Å². The highest BCUT2D eigenvalue weighted by atomic mass is 16.5. The SMILES string of the molecule is CC(COC(C)(C)CCN)C(=O)NCC#Cc1cn(C2CCC(CCO)O2)c(=O)nc1N. The first-order valence-electron chi connectivity index (χ1n) is 10.9. The molecule has 10 nitrogen and oxygen atoms in total. The number of hydrogen-bond donors (Lipinski definition) is 4. The van der Waals surface area contributed by atoms with E-state index in [9.17, 15) is 9.59 Å². The molecule has 1 amide bonds. The van der Waals surface area contributed by atoms with Crippen molar-refractivity contribution in [3.63, 3.8) is 0 Å². The third-order valence-electron chi connectivity index (χ3n) is 5.32. The standard InChI is InChI=1S/C22H35N5O5/c1-15(14-31-22(2,3)9-10-23)20(29)25-11-4-5-16-13-27(21(30)26-19(16)24)18-7-6-17(32-18)8-12-28/h13,15,17-18,28H,6-12,14,23H2,1-3H3,(H,25,29)(H2,24,26,30). The molecule has 0 bridgehead atoms. The van der Waals surface area contributed by atoms with Gasteiger partial charge in [-0.2, -0.15) is 4.98 Å². The predicted molar refractivity (Wildman–Crippen MR) is 121 cm³/mol. The molecule has 10 heteroatoms. The summed E-state index contributed by atoms with van der Waals surface area (Å²) in [4.78, 5) is 28.3. The minimum Gasteiger partial charge on any atom is -0.396 e. The molecule has 2 rings (SSSR count). The lowest BCUT2D eigenvalue weighted by atomic mass is 10.0. The number of nitrogen functional groups attached to an aromatic ring is 1. The molecule has 2 heterocycles. The monoisotopic (exact) mass is 449 g/mol. The van der Waals surface area contributed by atoms with Crippen LogP contribution in [0.4, 0.5) is 5.82 Å². The molecule has 3 atom stereocenters. The summed E-state index contributed by atoms with van der Waals surface area (Å²) < 4.78 is 13.0. The van der Waals surface area contributed by atoms with Crippen LogP contribution in [0.2, 0.25) is 0 Å². The maximum absolute atomic E-state index is 12.3. The van der Waals surface area contributed by atoms with Gasteiger partial charge in [0.2, 0.25) is 5.91 Å². The molecule has 32 heavy (non-hydrogen) atoms. The first-order chi connectivity index (χ1) is 15.2. The van der Waals surface area contributed by atoms with Crippen LogP contribution in [0.15, 0.2) is 11.0 Å². The zero-order valence-corrected chi connectivity index (χ0v) is 19.1. The molecule has 0 aliphatic carbocycles. The van der Waals surface area contributed by atoms with Gasteiger partial charge in [-0.15, -0.1) is 0 Å². The molecule has 0 saturated carbocycles. The Kier molecular flexibility index (Phi) is 9.65. The van der Waals surface area contributed by atoms with Crippen LogP contribution in [0.1, 0.15) is 58.2 Å². The van der Waals surface area contributed by atoms with E-state index in [4.69, 9.17) is 26.0 Å². The minimum absolute atomic E-state index is 0.0267. The van der Waals surface area contributed by atoms with Crippen molar-refractivity contribution >= 4 is 11.7 Å². The number of aliphatic hydroxyl groups is 1. The number of aromatic nitrogens is 2. The van der Waals surface area contributed by atoms with Crippen LogP contribution in [0.3, 0.4) is 0 Å². The number of hydrogen-bond acceptors (Lipinski definition) is 8. The summed E-state index contributed by atoms with van der Waals surface area (Å²) in [5.74, 6) is 5.21. The van der Waals surface area contributed by atoms with E-state index in [1.54, 1.807) is 6.92 Å². The van der Waals surface area contributed by atoms with Crippen molar-refractivity contribution in [3.05, 3.63) is 22.2 Å². The van der Waals surface area contributed by atoms with Gasteiger partial charge in [0.05, 0.1) is 36.3 Å². The highest BCUT2D eigenvalue weighted by Crippen LogP contribution is 2.29. The van der Waals surface area contributed by atoms with E-state index in [1.165, 1.54) is 10.8 Å². The summed E-state index contributed by atoms with van der Waals surface area (Å²) >= 11 is 0. The van der Waals surface area contributed by atoms with Crippen LogP contribution < -0.4 is 22.5 Å². The highest BCUT2D eigenvalue weighted by molar-refractivity contribution is 5.78. The van der Waals surface area contributed by atoms with E-state index in [1.807, 2.05) is 13.8 Å². The number of nitrogens with two attached hydrogens (primary N) is 2. The van der Waals surface area contributed by atoms with E-state index in [0.29, 0.717) is 31.4 Å². The smallest absolute Gasteiger partial charge is 0.351 e. The normalized spacial score (nSPS) is 19.3. The molecule has 1 aliphatic rings. The van der Waals surface area contributed by atoms with E-state index in [-0.39, 0.29) is 49.1 Å². The number of anilines is 1. The van der Waals surface area contributed by atoms with Gasteiger partial charge in [0.1, 0.15) is 12.0 Å². The van der Waals surface area contributed by atoms with E-state index in [0.717, 1.165) is 6.42 Å². The molecule has 0 aromatic carbocycles. The average Bonchev–Trinajstić information content (AvgIpc) is 3.19. The van der Waals surface area contributed by atoms with Crippen LogP contribution in [-0.2, 0) is 14.3 Å². The fourth-order valence-electron chi connectivity index (χ4n) is 3.32. The van der Waals surface area contributed by atoms with Gasteiger partial charge in [-0.25, -0.2) is 4.79 Å². The van der Waals surface area contributed by atoms with Gasteiger partial charge in [0, 0.05) is 12.8 Å². The van der Waals surface area contributed by atoms with Crippen molar-refractivity contribution in [2.75, 3.05) is 32.0 Å². The van der Waals surface area contributed by atoms with Gasteiger partial charge < -0.3 is 31.4 Å². The number of carbonyl (C=O) groups excluding carboxylic acids is 1. The Morgan fingerprint density at radius 1 is 1.50 bits per heavy atom. The summed E-state index contributed by atoms with van der Waals surface area (Å²) in [6, 6.07) is 0. The molecular formula is C22H35N5O5. The number of amides is 1. The number of carbonyl (C=O) groups is 1. The molecule has 1 fully saturated rings. The second-order valence-electron chi connectivity index (χ2n) is 8.56. The Hall–Kier alpha value is -2.45. The van der Waals surface area contributed by atoms with Gasteiger partial charge in [-0.1, -0.05) is 18.8 Å². The van der Waals surface area contributed by atoms with Crippen LogP contribution in [0.25, 0.3) is 0 Å².